The molecule has 0 spiro atoms. The lowest BCUT2D eigenvalue weighted by Gasteiger charge is -2.18. The molecular weight excluding hydrogens is 498 g/mol. The Morgan fingerprint density at radius 1 is 1.31 bits per heavy atom. The molecule has 0 saturated heterocycles. The van der Waals surface area contributed by atoms with Gasteiger partial charge in [-0.05, 0) is 55.0 Å². The molecule has 0 saturated carbocycles. The minimum Gasteiger partial charge on any atom is -0.497 e. The van der Waals surface area contributed by atoms with Crippen molar-refractivity contribution in [3.05, 3.63) is 58.7 Å². The van der Waals surface area contributed by atoms with Crippen LogP contribution in [0.5, 0.6) is 11.5 Å². The first kappa shape index (κ1) is 25.8. The molecular formula is C25H29N5O4S2. The number of carbonyl (C=O) groups is 2. The number of hydrogen-bond acceptors (Lipinski definition) is 8. The number of methoxy groups -OCH3 is 1. The zero-order valence-electron chi connectivity index (χ0n) is 20.3. The number of thiophene rings is 1. The second kappa shape index (κ2) is 11.6. The fourth-order valence-corrected chi connectivity index (χ4v) is 6.26. The summed E-state index contributed by atoms with van der Waals surface area (Å²) in [5.41, 5.74) is 7.10. The van der Waals surface area contributed by atoms with Crippen LogP contribution in [-0.4, -0.2) is 39.4 Å². The van der Waals surface area contributed by atoms with Gasteiger partial charge in [-0.15, -0.1) is 28.1 Å². The minimum absolute atomic E-state index is 0.103. The molecule has 0 radical (unpaired) electrons. The van der Waals surface area contributed by atoms with Crippen LogP contribution in [-0.2, 0) is 30.8 Å². The number of ether oxygens (including phenoxy) is 2. The van der Waals surface area contributed by atoms with Crippen molar-refractivity contribution in [3.63, 3.8) is 0 Å². The van der Waals surface area contributed by atoms with Gasteiger partial charge >= 0.3 is 0 Å². The van der Waals surface area contributed by atoms with Crippen molar-refractivity contribution in [2.45, 2.75) is 44.5 Å². The lowest BCUT2D eigenvalue weighted by molar-refractivity contribution is -0.113. The molecule has 1 aliphatic carbocycles. The van der Waals surface area contributed by atoms with Crippen molar-refractivity contribution < 1.29 is 19.1 Å². The van der Waals surface area contributed by atoms with Gasteiger partial charge in [-0.1, -0.05) is 24.8 Å². The van der Waals surface area contributed by atoms with Crippen LogP contribution < -0.4 is 20.5 Å². The summed E-state index contributed by atoms with van der Waals surface area (Å²) in [6.45, 7) is 6.68. The van der Waals surface area contributed by atoms with Crippen LogP contribution in [0.3, 0.4) is 0 Å². The summed E-state index contributed by atoms with van der Waals surface area (Å²) in [7, 11) is 1.61. The zero-order chi connectivity index (χ0) is 25.7. The van der Waals surface area contributed by atoms with E-state index in [-0.39, 0.29) is 18.3 Å². The van der Waals surface area contributed by atoms with E-state index in [4.69, 9.17) is 15.2 Å². The predicted octanol–water partition coefficient (Wildman–Crippen LogP) is 4.07. The second-order valence-corrected chi connectivity index (χ2v) is 10.6. The van der Waals surface area contributed by atoms with Gasteiger partial charge in [0.2, 0.25) is 5.91 Å². The normalized spacial score (nSPS) is 14.7. The van der Waals surface area contributed by atoms with E-state index >= 15 is 0 Å². The van der Waals surface area contributed by atoms with E-state index in [1.54, 1.807) is 13.2 Å². The van der Waals surface area contributed by atoms with Crippen molar-refractivity contribution >= 4 is 39.9 Å². The van der Waals surface area contributed by atoms with E-state index in [0.29, 0.717) is 39.8 Å². The molecule has 36 heavy (non-hydrogen) atoms. The SMILES string of the molecule is C=CCn1c(COc2ccc(OC)cc2)nnc1SCC(=O)Nc1sc2c(c1C(N)=O)CCC(C)C2. The third-order valence-corrected chi connectivity index (χ3v) is 8.01. The van der Waals surface area contributed by atoms with Gasteiger partial charge in [-0.2, -0.15) is 0 Å². The Balaban J connectivity index is 1.40. The highest BCUT2D eigenvalue weighted by Crippen LogP contribution is 2.39. The van der Waals surface area contributed by atoms with Gasteiger partial charge in [0.25, 0.3) is 5.91 Å². The van der Waals surface area contributed by atoms with Gasteiger partial charge < -0.3 is 20.5 Å². The number of allylic oxidation sites excluding steroid dienone is 1. The molecule has 2 heterocycles. The third-order valence-electron chi connectivity index (χ3n) is 5.88. The standard InChI is InChI=1S/C25H29N5O4S2/c1-4-11-30-20(13-34-17-8-6-16(33-3)7-9-17)28-29-25(30)35-14-21(31)27-24-22(23(26)32)18-10-5-15(2)12-19(18)36-24/h4,6-9,15H,1,5,10-14H2,2-3H3,(H2,26,32)(H,27,31). The van der Waals surface area contributed by atoms with Crippen LogP contribution >= 0.6 is 23.1 Å². The number of hydrogen-bond donors (Lipinski definition) is 2. The van der Waals surface area contributed by atoms with E-state index in [9.17, 15) is 9.59 Å². The predicted molar refractivity (Wildman–Crippen MR) is 141 cm³/mol. The molecule has 0 bridgehead atoms. The van der Waals surface area contributed by atoms with Crippen LogP contribution in [0.25, 0.3) is 0 Å². The first-order valence-electron chi connectivity index (χ1n) is 11.6. The monoisotopic (exact) mass is 527 g/mol. The molecule has 3 N–H and O–H groups in total. The Morgan fingerprint density at radius 2 is 2.06 bits per heavy atom. The molecule has 1 aliphatic rings. The highest BCUT2D eigenvalue weighted by Gasteiger charge is 2.27. The summed E-state index contributed by atoms with van der Waals surface area (Å²) in [6.07, 6.45) is 4.45. The Kier molecular flexibility index (Phi) is 8.32. The Morgan fingerprint density at radius 3 is 2.75 bits per heavy atom. The number of primary amides is 1. The maximum atomic E-state index is 12.8. The van der Waals surface area contributed by atoms with Gasteiger partial charge in [-0.25, -0.2) is 0 Å². The highest BCUT2D eigenvalue weighted by molar-refractivity contribution is 7.99. The van der Waals surface area contributed by atoms with Crippen molar-refractivity contribution in [1.29, 1.82) is 0 Å². The molecule has 190 valence electrons. The lowest BCUT2D eigenvalue weighted by atomic mass is 9.88. The molecule has 2 aromatic heterocycles. The number of thioether (sulfide) groups is 1. The highest BCUT2D eigenvalue weighted by atomic mass is 32.2. The number of aromatic nitrogens is 3. The van der Waals surface area contributed by atoms with Crippen molar-refractivity contribution in [1.82, 2.24) is 14.8 Å². The average molecular weight is 528 g/mol. The number of nitrogens with two attached hydrogens (primary N) is 1. The Labute approximate surface area is 218 Å². The van der Waals surface area contributed by atoms with Crippen LogP contribution in [0, 0.1) is 5.92 Å². The summed E-state index contributed by atoms with van der Waals surface area (Å²) in [4.78, 5) is 26.1. The molecule has 9 nitrogen and oxygen atoms in total. The molecule has 1 aromatic carbocycles. The molecule has 3 aromatic rings. The average Bonchev–Trinajstić information content (AvgIpc) is 3.41. The molecule has 0 aliphatic heterocycles. The number of anilines is 1. The number of nitrogens with zero attached hydrogens (tertiary/aromatic N) is 3. The molecule has 4 rings (SSSR count). The smallest absolute Gasteiger partial charge is 0.251 e. The number of nitrogens with one attached hydrogen (secondary N) is 1. The van der Waals surface area contributed by atoms with Crippen LogP contribution in [0.1, 0.15) is 40.0 Å². The maximum Gasteiger partial charge on any atom is 0.251 e. The topological polar surface area (TPSA) is 121 Å². The quantitative estimate of drug-likeness (QED) is 0.285. The molecule has 1 unspecified atom stereocenters. The van der Waals surface area contributed by atoms with Gasteiger partial charge in [0, 0.05) is 11.4 Å². The fraction of sp³-hybridized carbons (Fsp3) is 0.360. The molecule has 1 atom stereocenters. The van der Waals surface area contributed by atoms with Gasteiger partial charge in [0.15, 0.2) is 11.0 Å². The fourth-order valence-electron chi connectivity index (χ4n) is 4.06. The van der Waals surface area contributed by atoms with Gasteiger partial charge in [0.05, 0.1) is 18.4 Å². The van der Waals surface area contributed by atoms with Gasteiger partial charge in [0.1, 0.15) is 23.1 Å². The Hall–Kier alpha value is -3.31. The lowest BCUT2D eigenvalue weighted by Crippen LogP contribution is -2.20. The number of carbonyl (C=O) groups excluding carboxylic acids is 2. The van der Waals surface area contributed by atoms with E-state index in [2.05, 4.69) is 29.0 Å². The first-order chi connectivity index (χ1) is 17.4. The van der Waals surface area contributed by atoms with E-state index in [1.807, 2.05) is 28.8 Å². The van der Waals surface area contributed by atoms with Crippen LogP contribution in [0.4, 0.5) is 5.00 Å². The number of amides is 2. The summed E-state index contributed by atoms with van der Waals surface area (Å²) >= 11 is 2.71. The van der Waals surface area contributed by atoms with E-state index in [1.165, 1.54) is 23.1 Å². The Bertz CT molecular complexity index is 1250. The number of fused-ring (bicyclic) bond motifs is 1. The maximum absolute atomic E-state index is 12.8. The van der Waals surface area contributed by atoms with Crippen molar-refractivity contribution in [3.8, 4) is 11.5 Å². The largest absolute Gasteiger partial charge is 0.497 e. The summed E-state index contributed by atoms with van der Waals surface area (Å²) in [5.74, 6) is 1.95. The number of benzene rings is 1. The molecule has 2 amide bonds. The number of rotatable bonds is 11. The zero-order valence-corrected chi connectivity index (χ0v) is 21.9. The second-order valence-electron chi connectivity index (χ2n) is 8.52. The third kappa shape index (κ3) is 5.90. The van der Waals surface area contributed by atoms with Gasteiger partial charge in [-0.3, -0.25) is 14.2 Å². The summed E-state index contributed by atoms with van der Waals surface area (Å²) in [6, 6.07) is 7.27. The molecule has 0 fully saturated rings. The van der Waals surface area contributed by atoms with Crippen LogP contribution in [0.2, 0.25) is 0 Å². The summed E-state index contributed by atoms with van der Waals surface area (Å²) < 4.78 is 12.9. The van der Waals surface area contributed by atoms with Crippen molar-refractivity contribution in [2.24, 2.45) is 11.7 Å². The first-order valence-corrected chi connectivity index (χ1v) is 13.4. The van der Waals surface area contributed by atoms with E-state index < -0.39 is 5.91 Å². The minimum atomic E-state index is -0.503. The van der Waals surface area contributed by atoms with Crippen LogP contribution in [0.15, 0.2) is 42.1 Å². The molecule has 11 heteroatoms. The van der Waals surface area contributed by atoms with E-state index in [0.717, 1.165) is 35.5 Å². The summed E-state index contributed by atoms with van der Waals surface area (Å²) in [5, 5.41) is 12.5. The van der Waals surface area contributed by atoms with Crippen molar-refractivity contribution in [2.75, 3.05) is 18.2 Å².